The molecule has 4 rings (SSSR count). The fourth-order valence-corrected chi connectivity index (χ4v) is 4.50. The molecule has 3 heterocycles. The molecular weight excluding hydrogens is 360 g/mol. The van der Waals surface area contributed by atoms with Crippen molar-refractivity contribution in [3.63, 3.8) is 0 Å². The van der Waals surface area contributed by atoms with Crippen LogP contribution in [0.3, 0.4) is 0 Å². The second-order valence-electron chi connectivity index (χ2n) is 7.06. The lowest BCUT2D eigenvalue weighted by atomic mass is 9.95. The van der Waals surface area contributed by atoms with Gasteiger partial charge in [-0.05, 0) is 55.7 Å². The fourth-order valence-electron chi connectivity index (χ4n) is 3.75. The van der Waals surface area contributed by atoms with Crippen LogP contribution in [0, 0.1) is 0 Å². The molecule has 0 radical (unpaired) electrons. The van der Waals surface area contributed by atoms with Gasteiger partial charge in [-0.1, -0.05) is 11.8 Å². The van der Waals surface area contributed by atoms with Gasteiger partial charge in [-0.25, -0.2) is 4.98 Å². The predicted octanol–water partition coefficient (Wildman–Crippen LogP) is 2.81. The molecule has 7 heteroatoms. The normalized spacial score (nSPS) is 23.2. The summed E-state index contributed by atoms with van der Waals surface area (Å²) in [6, 6.07) is 12.5. The first kappa shape index (κ1) is 18.0. The summed E-state index contributed by atoms with van der Waals surface area (Å²) in [6.45, 7) is 1.47. The first-order valence-corrected chi connectivity index (χ1v) is 9.97. The number of fused-ring (bicyclic) bond motifs is 2. The van der Waals surface area contributed by atoms with Crippen LogP contribution in [-0.2, 0) is 4.79 Å². The molecule has 0 unspecified atom stereocenters. The van der Waals surface area contributed by atoms with Gasteiger partial charge >= 0.3 is 0 Å². The number of benzene rings is 1. The molecule has 2 fully saturated rings. The van der Waals surface area contributed by atoms with Crippen molar-refractivity contribution in [2.24, 2.45) is 0 Å². The molecule has 2 aromatic rings. The summed E-state index contributed by atoms with van der Waals surface area (Å²) in [5.41, 5.74) is 1.35. The van der Waals surface area contributed by atoms with E-state index in [1.54, 1.807) is 6.20 Å². The van der Waals surface area contributed by atoms with Crippen LogP contribution in [0.4, 0.5) is 5.69 Å². The topological polar surface area (TPSA) is 83.1 Å². The number of hydrogen-bond acceptors (Lipinski definition) is 5. The number of amides is 2. The van der Waals surface area contributed by atoms with Gasteiger partial charge in [-0.15, -0.1) is 0 Å². The SMILES string of the molecule is CC(=O)Nc1ccc(Sc2ccc(C(=O)N[C@@H]3C[C@H]4CC[C@@H]3N4)cc2)nc1. The molecule has 2 aliphatic heterocycles. The van der Waals surface area contributed by atoms with E-state index in [4.69, 9.17) is 0 Å². The lowest BCUT2D eigenvalue weighted by Crippen LogP contribution is -2.42. The highest BCUT2D eigenvalue weighted by molar-refractivity contribution is 7.99. The number of pyridine rings is 1. The van der Waals surface area contributed by atoms with Crippen molar-refractivity contribution >= 4 is 29.3 Å². The van der Waals surface area contributed by atoms with Gasteiger partial charge in [0.2, 0.25) is 5.91 Å². The highest BCUT2D eigenvalue weighted by atomic mass is 32.2. The van der Waals surface area contributed by atoms with E-state index in [2.05, 4.69) is 20.9 Å². The molecule has 27 heavy (non-hydrogen) atoms. The van der Waals surface area contributed by atoms with Crippen molar-refractivity contribution in [1.29, 1.82) is 0 Å². The van der Waals surface area contributed by atoms with Crippen LogP contribution >= 0.6 is 11.8 Å². The van der Waals surface area contributed by atoms with E-state index in [1.807, 2.05) is 36.4 Å². The largest absolute Gasteiger partial charge is 0.348 e. The first-order valence-electron chi connectivity index (χ1n) is 9.15. The number of nitrogens with one attached hydrogen (secondary N) is 3. The van der Waals surface area contributed by atoms with Crippen molar-refractivity contribution < 1.29 is 9.59 Å². The van der Waals surface area contributed by atoms with Crippen LogP contribution < -0.4 is 16.0 Å². The highest BCUT2D eigenvalue weighted by Gasteiger charge is 2.39. The molecule has 2 saturated heterocycles. The Bertz CT molecular complexity index is 838. The Morgan fingerprint density at radius 1 is 1.15 bits per heavy atom. The number of hydrogen-bond donors (Lipinski definition) is 3. The molecule has 0 aliphatic carbocycles. The van der Waals surface area contributed by atoms with Gasteiger partial charge < -0.3 is 16.0 Å². The number of aromatic nitrogens is 1. The second-order valence-corrected chi connectivity index (χ2v) is 8.15. The highest BCUT2D eigenvalue weighted by Crippen LogP contribution is 2.29. The summed E-state index contributed by atoms with van der Waals surface area (Å²) in [6.07, 6.45) is 5.04. The van der Waals surface area contributed by atoms with Gasteiger partial charge in [0.15, 0.2) is 0 Å². The first-order chi connectivity index (χ1) is 13.1. The average Bonchev–Trinajstić information content (AvgIpc) is 3.26. The van der Waals surface area contributed by atoms with E-state index in [-0.39, 0.29) is 17.9 Å². The van der Waals surface area contributed by atoms with Crippen molar-refractivity contribution in [2.75, 3.05) is 5.32 Å². The number of nitrogens with zero attached hydrogens (tertiary/aromatic N) is 1. The summed E-state index contributed by atoms with van der Waals surface area (Å²) in [5.74, 6) is -0.129. The molecule has 2 aliphatic rings. The molecule has 0 saturated carbocycles. The van der Waals surface area contributed by atoms with E-state index in [0.717, 1.165) is 22.8 Å². The molecule has 0 spiro atoms. The maximum Gasteiger partial charge on any atom is 0.251 e. The summed E-state index contributed by atoms with van der Waals surface area (Å²) in [4.78, 5) is 28.9. The Balaban J connectivity index is 1.34. The zero-order valence-corrected chi connectivity index (χ0v) is 15.9. The third kappa shape index (κ3) is 4.31. The van der Waals surface area contributed by atoms with Crippen molar-refractivity contribution in [1.82, 2.24) is 15.6 Å². The molecule has 6 nitrogen and oxygen atoms in total. The van der Waals surface area contributed by atoms with Crippen LogP contribution in [0.25, 0.3) is 0 Å². The van der Waals surface area contributed by atoms with Crippen LogP contribution in [0.15, 0.2) is 52.5 Å². The minimum atomic E-state index is -0.118. The number of carbonyl (C=O) groups excluding carboxylic acids is 2. The predicted molar refractivity (Wildman–Crippen MR) is 105 cm³/mol. The van der Waals surface area contributed by atoms with E-state index in [1.165, 1.54) is 25.1 Å². The van der Waals surface area contributed by atoms with Gasteiger partial charge in [0.1, 0.15) is 5.03 Å². The van der Waals surface area contributed by atoms with Gasteiger partial charge in [0.05, 0.1) is 11.9 Å². The zero-order valence-electron chi connectivity index (χ0n) is 15.1. The minimum Gasteiger partial charge on any atom is -0.348 e. The van der Waals surface area contributed by atoms with Gasteiger partial charge in [0.25, 0.3) is 5.91 Å². The Morgan fingerprint density at radius 3 is 2.56 bits per heavy atom. The number of anilines is 1. The number of carbonyl (C=O) groups is 2. The second kappa shape index (κ2) is 7.70. The monoisotopic (exact) mass is 382 g/mol. The molecule has 2 amide bonds. The Labute approximate surface area is 162 Å². The van der Waals surface area contributed by atoms with Crippen molar-refractivity contribution in [3.8, 4) is 0 Å². The van der Waals surface area contributed by atoms with Crippen LogP contribution in [0.2, 0.25) is 0 Å². The molecule has 1 aromatic carbocycles. The Kier molecular flexibility index (Phi) is 5.13. The average molecular weight is 382 g/mol. The maximum absolute atomic E-state index is 12.5. The van der Waals surface area contributed by atoms with Crippen LogP contribution in [0.5, 0.6) is 0 Å². The lowest BCUT2D eigenvalue weighted by molar-refractivity contribution is -0.114. The van der Waals surface area contributed by atoms with Crippen molar-refractivity contribution in [3.05, 3.63) is 48.2 Å². The smallest absolute Gasteiger partial charge is 0.251 e. The van der Waals surface area contributed by atoms with Gasteiger partial charge in [-0.2, -0.15) is 0 Å². The van der Waals surface area contributed by atoms with Crippen LogP contribution in [0.1, 0.15) is 36.5 Å². The Morgan fingerprint density at radius 2 is 1.96 bits per heavy atom. The Hall–Kier alpha value is -2.38. The minimum absolute atomic E-state index is 0.0105. The molecular formula is C20H22N4O2S. The molecule has 1 aromatic heterocycles. The summed E-state index contributed by atoms with van der Waals surface area (Å²) < 4.78 is 0. The van der Waals surface area contributed by atoms with E-state index >= 15 is 0 Å². The van der Waals surface area contributed by atoms with Gasteiger partial charge in [-0.3, -0.25) is 9.59 Å². The third-order valence-corrected chi connectivity index (χ3v) is 5.97. The van der Waals surface area contributed by atoms with E-state index in [0.29, 0.717) is 23.3 Å². The maximum atomic E-state index is 12.5. The van der Waals surface area contributed by atoms with Crippen molar-refractivity contribution in [2.45, 2.75) is 54.2 Å². The van der Waals surface area contributed by atoms with E-state index < -0.39 is 0 Å². The third-order valence-electron chi connectivity index (χ3n) is 5.01. The lowest BCUT2D eigenvalue weighted by Gasteiger charge is -2.21. The molecule has 2 bridgehead atoms. The summed E-state index contributed by atoms with van der Waals surface area (Å²) >= 11 is 1.51. The molecule has 3 N–H and O–H groups in total. The zero-order chi connectivity index (χ0) is 18.8. The fraction of sp³-hybridized carbons (Fsp3) is 0.350. The summed E-state index contributed by atoms with van der Waals surface area (Å²) in [5, 5.41) is 10.2. The van der Waals surface area contributed by atoms with Crippen LogP contribution in [-0.4, -0.2) is 34.9 Å². The molecule has 3 atom stereocenters. The van der Waals surface area contributed by atoms with E-state index in [9.17, 15) is 9.59 Å². The van der Waals surface area contributed by atoms with Gasteiger partial charge in [0, 0.05) is 35.5 Å². The quantitative estimate of drug-likeness (QED) is 0.741. The molecule has 140 valence electrons. The number of rotatable bonds is 5. The standard InChI is InChI=1S/C20H22N4O2S/c1-12(25)22-15-5-9-19(21-11-15)27-16-6-2-13(3-7-16)20(26)24-18-10-14-4-8-17(18)23-14/h2-3,5-7,9,11,14,17-18,23H,4,8,10H2,1H3,(H,22,25)(H,24,26)/t14-,17+,18-/m1/s1. The summed E-state index contributed by atoms with van der Waals surface area (Å²) in [7, 11) is 0.